The monoisotopic (exact) mass is 248 g/mol. The zero-order valence-corrected chi connectivity index (χ0v) is 12.2. The fourth-order valence-corrected chi connectivity index (χ4v) is 2.11. The van der Waals surface area contributed by atoms with Gasteiger partial charge in [-0.3, -0.25) is 4.98 Å². The second-order valence-corrected chi connectivity index (χ2v) is 5.01. The van der Waals surface area contributed by atoms with Crippen molar-refractivity contribution in [3.8, 4) is 0 Å². The highest BCUT2D eigenvalue weighted by atomic mass is 14.9. The second-order valence-electron chi connectivity index (χ2n) is 5.01. The average molecular weight is 248 g/mol. The predicted octanol–water partition coefficient (Wildman–Crippen LogP) is 3.74. The first-order valence-electron chi connectivity index (χ1n) is 7.47. The van der Waals surface area contributed by atoms with Gasteiger partial charge in [-0.1, -0.05) is 39.7 Å². The molecule has 0 saturated carbocycles. The number of rotatable bonds is 9. The van der Waals surface area contributed by atoms with Crippen molar-refractivity contribution in [3.05, 3.63) is 29.6 Å². The summed E-state index contributed by atoms with van der Waals surface area (Å²) in [6.45, 7) is 7.76. The zero-order valence-electron chi connectivity index (χ0n) is 12.2. The number of nitrogens with one attached hydrogen (secondary N) is 1. The van der Waals surface area contributed by atoms with Gasteiger partial charge in [-0.15, -0.1) is 0 Å². The first-order valence-corrected chi connectivity index (χ1v) is 7.47. The van der Waals surface area contributed by atoms with Crippen molar-refractivity contribution in [3.63, 3.8) is 0 Å². The predicted molar refractivity (Wildman–Crippen MR) is 78.9 cm³/mol. The molecule has 102 valence electrons. The quantitative estimate of drug-likeness (QED) is 0.720. The summed E-state index contributed by atoms with van der Waals surface area (Å²) < 4.78 is 0. The maximum absolute atomic E-state index is 4.57. The molecule has 1 heterocycles. The van der Waals surface area contributed by atoms with Gasteiger partial charge in [0.1, 0.15) is 0 Å². The Morgan fingerprint density at radius 2 is 2.00 bits per heavy atom. The summed E-state index contributed by atoms with van der Waals surface area (Å²) in [6, 6.07) is 4.98. The third-order valence-electron chi connectivity index (χ3n) is 3.34. The molecule has 0 aliphatic heterocycles. The van der Waals surface area contributed by atoms with E-state index in [1.807, 2.05) is 6.20 Å². The highest BCUT2D eigenvalue weighted by molar-refractivity contribution is 5.14. The summed E-state index contributed by atoms with van der Waals surface area (Å²) in [7, 11) is 0. The minimum Gasteiger partial charge on any atom is -0.314 e. The molecule has 0 spiro atoms. The van der Waals surface area contributed by atoms with E-state index in [0.717, 1.165) is 19.4 Å². The Hall–Kier alpha value is -0.890. The van der Waals surface area contributed by atoms with E-state index >= 15 is 0 Å². The number of aromatic nitrogens is 1. The lowest BCUT2D eigenvalue weighted by atomic mass is 10.0. The normalized spacial score (nSPS) is 12.6. The lowest BCUT2D eigenvalue weighted by molar-refractivity contribution is 0.458. The zero-order chi connectivity index (χ0) is 13.2. The summed E-state index contributed by atoms with van der Waals surface area (Å²) in [5.74, 6) is 0. The molecule has 1 rings (SSSR count). The molecule has 2 heteroatoms. The number of aryl methyl sites for hydroxylation is 1. The summed E-state index contributed by atoms with van der Waals surface area (Å²) in [5.41, 5.74) is 2.54. The van der Waals surface area contributed by atoms with Crippen LogP contribution in [0, 0.1) is 0 Å². The van der Waals surface area contributed by atoms with Gasteiger partial charge in [0, 0.05) is 24.4 Å². The molecule has 0 aromatic carbocycles. The van der Waals surface area contributed by atoms with Gasteiger partial charge in [0.15, 0.2) is 0 Å². The van der Waals surface area contributed by atoms with Crippen LogP contribution in [-0.4, -0.2) is 17.6 Å². The molecule has 1 atom stereocenters. The third-order valence-corrected chi connectivity index (χ3v) is 3.34. The number of hydrogen-bond donors (Lipinski definition) is 1. The van der Waals surface area contributed by atoms with E-state index in [-0.39, 0.29) is 0 Å². The van der Waals surface area contributed by atoms with Crippen LogP contribution < -0.4 is 5.32 Å². The van der Waals surface area contributed by atoms with E-state index in [2.05, 4.69) is 43.2 Å². The number of unbranched alkanes of at least 4 members (excludes halogenated alkanes) is 1. The first kappa shape index (κ1) is 15.2. The van der Waals surface area contributed by atoms with Gasteiger partial charge in [-0.2, -0.15) is 0 Å². The van der Waals surface area contributed by atoms with Gasteiger partial charge < -0.3 is 5.32 Å². The Balaban J connectivity index is 2.51. The van der Waals surface area contributed by atoms with Crippen molar-refractivity contribution < 1.29 is 0 Å². The van der Waals surface area contributed by atoms with E-state index in [9.17, 15) is 0 Å². The Labute approximate surface area is 112 Å². The molecule has 18 heavy (non-hydrogen) atoms. The number of pyridine rings is 1. The fraction of sp³-hybridized carbons (Fsp3) is 0.688. The van der Waals surface area contributed by atoms with Gasteiger partial charge in [0.25, 0.3) is 0 Å². The van der Waals surface area contributed by atoms with Crippen molar-refractivity contribution >= 4 is 0 Å². The van der Waals surface area contributed by atoms with Crippen LogP contribution in [0.2, 0.25) is 0 Å². The highest BCUT2D eigenvalue weighted by Crippen LogP contribution is 2.08. The van der Waals surface area contributed by atoms with E-state index < -0.39 is 0 Å². The van der Waals surface area contributed by atoms with Gasteiger partial charge in [-0.05, 0) is 37.4 Å². The molecule has 0 fully saturated rings. The number of nitrogens with zero attached hydrogens (tertiary/aromatic N) is 1. The summed E-state index contributed by atoms with van der Waals surface area (Å²) in [5, 5.41) is 3.64. The van der Waals surface area contributed by atoms with Crippen LogP contribution >= 0.6 is 0 Å². The Bertz CT molecular complexity index is 297. The molecule has 1 N–H and O–H groups in total. The molecule has 0 saturated heterocycles. The SMILES string of the molecule is CCCCC(Cc1ccc(CC)cn1)NCCC. The second kappa shape index (κ2) is 9.09. The Kier molecular flexibility index (Phi) is 7.66. The van der Waals surface area contributed by atoms with Crippen LogP contribution in [0.15, 0.2) is 18.3 Å². The lowest BCUT2D eigenvalue weighted by Crippen LogP contribution is -2.32. The molecule has 1 aromatic rings. The van der Waals surface area contributed by atoms with Gasteiger partial charge in [0.05, 0.1) is 0 Å². The largest absolute Gasteiger partial charge is 0.314 e. The van der Waals surface area contributed by atoms with Crippen LogP contribution in [0.5, 0.6) is 0 Å². The van der Waals surface area contributed by atoms with Crippen molar-refractivity contribution in [2.45, 2.75) is 65.3 Å². The topological polar surface area (TPSA) is 24.9 Å². The molecule has 0 amide bonds. The molecule has 0 aliphatic carbocycles. The first-order chi connectivity index (χ1) is 8.80. The minimum absolute atomic E-state index is 0.588. The van der Waals surface area contributed by atoms with Crippen molar-refractivity contribution in [1.29, 1.82) is 0 Å². The average Bonchev–Trinajstić information content (AvgIpc) is 2.42. The standard InChI is InChI=1S/C16H28N2/c1-4-7-8-15(17-11-5-2)12-16-10-9-14(6-3)13-18-16/h9-10,13,15,17H,4-8,11-12H2,1-3H3. The molecule has 1 aromatic heterocycles. The van der Waals surface area contributed by atoms with E-state index in [1.54, 1.807) is 0 Å². The molecule has 0 aliphatic rings. The van der Waals surface area contributed by atoms with Crippen LogP contribution in [-0.2, 0) is 12.8 Å². The van der Waals surface area contributed by atoms with Crippen LogP contribution in [0.25, 0.3) is 0 Å². The summed E-state index contributed by atoms with van der Waals surface area (Å²) in [6.07, 6.45) is 9.18. The summed E-state index contributed by atoms with van der Waals surface area (Å²) in [4.78, 5) is 4.57. The van der Waals surface area contributed by atoms with Crippen molar-refractivity contribution in [2.24, 2.45) is 0 Å². The van der Waals surface area contributed by atoms with Crippen LogP contribution in [0.3, 0.4) is 0 Å². The molecule has 0 bridgehead atoms. The third kappa shape index (κ3) is 5.63. The Morgan fingerprint density at radius 3 is 2.56 bits per heavy atom. The maximum Gasteiger partial charge on any atom is 0.0419 e. The van der Waals surface area contributed by atoms with Gasteiger partial charge in [0.2, 0.25) is 0 Å². The van der Waals surface area contributed by atoms with E-state index in [1.165, 1.54) is 36.9 Å². The number of hydrogen-bond acceptors (Lipinski definition) is 2. The van der Waals surface area contributed by atoms with Crippen molar-refractivity contribution in [1.82, 2.24) is 10.3 Å². The highest BCUT2D eigenvalue weighted by Gasteiger charge is 2.09. The minimum atomic E-state index is 0.588. The Morgan fingerprint density at radius 1 is 1.17 bits per heavy atom. The fourth-order valence-electron chi connectivity index (χ4n) is 2.11. The van der Waals surface area contributed by atoms with E-state index in [0.29, 0.717) is 6.04 Å². The lowest BCUT2D eigenvalue weighted by Gasteiger charge is -2.18. The molecular weight excluding hydrogens is 220 g/mol. The summed E-state index contributed by atoms with van der Waals surface area (Å²) >= 11 is 0. The van der Waals surface area contributed by atoms with E-state index in [4.69, 9.17) is 0 Å². The van der Waals surface area contributed by atoms with Gasteiger partial charge >= 0.3 is 0 Å². The molecule has 1 unspecified atom stereocenters. The molecule has 2 nitrogen and oxygen atoms in total. The maximum atomic E-state index is 4.57. The smallest absolute Gasteiger partial charge is 0.0419 e. The van der Waals surface area contributed by atoms with Crippen LogP contribution in [0.1, 0.15) is 57.7 Å². The van der Waals surface area contributed by atoms with Crippen LogP contribution in [0.4, 0.5) is 0 Å². The van der Waals surface area contributed by atoms with Gasteiger partial charge in [-0.25, -0.2) is 0 Å². The molecular formula is C16H28N2. The van der Waals surface area contributed by atoms with Crippen molar-refractivity contribution in [2.75, 3.05) is 6.54 Å². The molecule has 0 radical (unpaired) electrons.